The van der Waals surface area contributed by atoms with Crippen molar-refractivity contribution in [1.29, 1.82) is 0 Å². The second-order valence-electron chi connectivity index (χ2n) is 5.07. The van der Waals surface area contributed by atoms with E-state index in [0.717, 1.165) is 0 Å². The molecule has 0 radical (unpaired) electrons. The number of hydrogen-bond acceptors (Lipinski definition) is 4. The van der Waals surface area contributed by atoms with Crippen molar-refractivity contribution in [2.75, 3.05) is 0 Å². The molecule has 24 heavy (non-hydrogen) atoms. The Labute approximate surface area is 146 Å². The van der Waals surface area contributed by atoms with Crippen molar-refractivity contribution in [3.63, 3.8) is 0 Å². The quantitative estimate of drug-likeness (QED) is 0.586. The minimum absolute atomic E-state index is 0.0222. The molecule has 3 N–H and O–H groups in total. The van der Waals surface area contributed by atoms with Gasteiger partial charge in [0.15, 0.2) is 5.69 Å². The van der Waals surface area contributed by atoms with Gasteiger partial charge in [0, 0.05) is 10.4 Å². The van der Waals surface area contributed by atoms with E-state index in [2.05, 4.69) is 15.2 Å². The Kier molecular flexibility index (Phi) is 4.42. The summed E-state index contributed by atoms with van der Waals surface area (Å²) in [4.78, 5) is 14.6. The third kappa shape index (κ3) is 3.34. The first kappa shape index (κ1) is 16.3. The van der Waals surface area contributed by atoms with Crippen LogP contribution in [0.3, 0.4) is 0 Å². The van der Waals surface area contributed by atoms with Crippen LogP contribution >= 0.6 is 23.2 Å². The lowest BCUT2D eigenvalue weighted by Gasteiger charge is -1.97. The molecule has 3 rings (SSSR count). The van der Waals surface area contributed by atoms with E-state index in [4.69, 9.17) is 23.2 Å². The Morgan fingerprint density at radius 2 is 1.83 bits per heavy atom. The third-order valence-electron chi connectivity index (χ3n) is 3.33. The number of aromatic hydroxyl groups is 2. The molecule has 0 fully saturated rings. The van der Waals surface area contributed by atoms with Crippen molar-refractivity contribution in [3.8, 4) is 11.6 Å². The molecule has 1 heterocycles. The predicted octanol–water partition coefficient (Wildman–Crippen LogP) is 4.74. The fourth-order valence-corrected chi connectivity index (χ4v) is 2.76. The number of phenols is 1. The summed E-state index contributed by atoms with van der Waals surface area (Å²) in [6, 6.07) is 9.29. The number of benzene rings is 2. The normalized spacial score (nSPS) is 11.4. The molecule has 0 unspecified atom stereocenters. The smallest absolute Gasteiger partial charge is 0.269 e. The van der Waals surface area contributed by atoms with Crippen LogP contribution in [0.5, 0.6) is 11.6 Å². The molecule has 0 bridgehead atoms. The van der Waals surface area contributed by atoms with Crippen molar-refractivity contribution in [3.05, 3.63) is 52.0 Å². The first-order valence-corrected chi connectivity index (χ1v) is 7.62. The van der Waals surface area contributed by atoms with Crippen LogP contribution in [-0.2, 0) is 11.2 Å². The first-order chi connectivity index (χ1) is 11.4. The van der Waals surface area contributed by atoms with Crippen LogP contribution in [0.2, 0.25) is 10.0 Å². The van der Waals surface area contributed by atoms with E-state index in [0.29, 0.717) is 26.5 Å². The molecular formula is C16H11Cl2N3O3. The fraction of sp³-hybridized carbons (Fsp3) is 0.0625. The molecule has 0 aliphatic carbocycles. The Hall–Kier alpha value is -2.57. The van der Waals surface area contributed by atoms with Gasteiger partial charge in [0.25, 0.3) is 5.91 Å². The van der Waals surface area contributed by atoms with Gasteiger partial charge in [0.05, 0.1) is 17.0 Å². The van der Waals surface area contributed by atoms with Crippen molar-refractivity contribution in [2.45, 2.75) is 6.42 Å². The topological polar surface area (TPSA) is 98.0 Å². The first-order valence-electron chi connectivity index (χ1n) is 6.86. The fourth-order valence-electron chi connectivity index (χ4n) is 2.22. The minimum atomic E-state index is -0.498. The van der Waals surface area contributed by atoms with Gasteiger partial charge in [0.2, 0.25) is 5.88 Å². The van der Waals surface area contributed by atoms with Crippen LogP contribution in [0.25, 0.3) is 10.9 Å². The number of H-pyrrole nitrogens is 1. The van der Waals surface area contributed by atoms with E-state index in [1.807, 2.05) is 0 Å². The number of nitrogens with one attached hydrogen (secondary N) is 1. The van der Waals surface area contributed by atoms with E-state index in [-0.39, 0.29) is 23.7 Å². The molecule has 1 aromatic heterocycles. The number of aromatic amines is 1. The summed E-state index contributed by atoms with van der Waals surface area (Å²) in [5.74, 6) is -0.636. The van der Waals surface area contributed by atoms with Crippen molar-refractivity contribution in [2.24, 2.45) is 10.2 Å². The summed E-state index contributed by atoms with van der Waals surface area (Å²) in [5, 5.41) is 27.7. The highest BCUT2D eigenvalue weighted by molar-refractivity contribution is 6.38. The highest BCUT2D eigenvalue weighted by atomic mass is 35.5. The van der Waals surface area contributed by atoms with Crippen molar-refractivity contribution in [1.82, 2.24) is 4.98 Å². The number of carbonyl (C=O) groups excluding carboxylic acids is 1. The number of azo groups is 1. The third-order valence-corrected chi connectivity index (χ3v) is 3.85. The van der Waals surface area contributed by atoms with Gasteiger partial charge in [-0.3, -0.25) is 4.79 Å². The van der Waals surface area contributed by atoms with Gasteiger partial charge in [-0.2, -0.15) is 0 Å². The van der Waals surface area contributed by atoms with E-state index < -0.39 is 5.91 Å². The van der Waals surface area contributed by atoms with E-state index in [9.17, 15) is 15.0 Å². The number of phenolic OH excluding ortho intramolecular Hbond substituents is 1. The van der Waals surface area contributed by atoms with Crippen molar-refractivity contribution < 1.29 is 15.0 Å². The zero-order valence-electron chi connectivity index (χ0n) is 12.1. The van der Waals surface area contributed by atoms with Gasteiger partial charge in [0.1, 0.15) is 5.75 Å². The highest BCUT2D eigenvalue weighted by Gasteiger charge is 2.14. The Balaban J connectivity index is 1.86. The van der Waals surface area contributed by atoms with Gasteiger partial charge in [-0.25, -0.2) is 0 Å². The number of halogens is 2. The molecule has 0 aliphatic rings. The van der Waals surface area contributed by atoms with Crippen LogP contribution < -0.4 is 0 Å². The predicted molar refractivity (Wildman–Crippen MR) is 91.3 cm³/mol. The van der Waals surface area contributed by atoms with Crippen LogP contribution in [-0.4, -0.2) is 21.1 Å². The lowest BCUT2D eigenvalue weighted by Crippen LogP contribution is -1.97. The zero-order valence-corrected chi connectivity index (χ0v) is 13.6. The molecule has 1 amide bonds. The standard InChI is InChI=1S/C16H11Cl2N3O3/c17-9-6-11-14(12(18)7-9)19-16(24)15(11)21-20-13(23)5-8-1-3-10(22)4-2-8/h1-4,6-7,19,22,24H,5H2. The summed E-state index contributed by atoms with van der Waals surface area (Å²) in [7, 11) is 0. The molecule has 0 atom stereocenters. The average Bonchev–Trinajstić information content (AvgIpc) is 2.84. The van der Waals surface area contributed by atoms with Gasteiger partial charge in [-0.15, -0.1) is 10.2 Å². The molecule has 0 spiro atoms. The molecule has 8 heteroatoms. The van der Waals surface area contributed by atoms with Crippen LogP contribution in [0.15, 0.2) is 46.6 Å². The Morgan fingerprint density at radius 3 is 2.54 bits per heavy atom. The lowest BCUT2D eigenvalue weighted by molar-refractivity contribution is -0.117. The molecule has 3 aromatic rings. The summed E-state index contributed by atoms with van der Waals surface area (Å²) in [6.45, 7) is 0. The van der Waals surface area contributed by atoms with E-state index in [1.165, 1.54) is 18.2 Å². The van der Waals surface area contributed by atoms with Crippen LogP contribution in [0, 0.1) is 0 Å². The number of hydrogen-bond donors (Lipinski definition) is 3. The second-order valence-corrected chi connectivity index (χ2v) is 5.91. The maximum absolute atomic E-state index is 11.9. The maximum Gasteiger partial charge on any atom is 0.269 e. The van der Waals surface area contributed by atoms with Crippen LogP contribution in [0.1, 0.15) is 5.56 Å². The average molecular weight is 364 g/mol. The monoisotopic (exact) mass is 363 g/mol. The molecule has 6 nitrogen and oxygen atoms in total. The molecule has 0 aliphatic heterocycles. The Morgan fingerprint density at radius 1 is 1.12 bits per heavy atom. The molecule has 122 valence electrons. The highest BCUT2D eigenvalue weighted by Crippen LogP contribution is 2.40. The number of nitrogens with zero attached hydrogens (tertiary/aromatic N) is 2. The summed E-state index contributed by atoms with van der Waals surface area (Å²) in [6.07, 6.45) is 0.0222. The molecule has 2 aromatic carbocycles. The van der Waals surface area contributed by atoms with Gasteiger partial charge in [-0.05, 0) is 29.8 Å². The zero-order chi connectivity index (χ0) is 17.3. The van der Waals surface area contributed by atoms with Crippen molar-refractivity contribution >= 4 is 45.7 Å². The molecule has 0 saturated heterocycles. The van der Waals surface area contributed by atoms with E-state index >= 15 is 0 Å². The largest absolute Gasteiger partial charge is 0.508 e. The minimum Gasteiger partial charge on any atom is -0.508 e. The number of aromatic nitrogens is 1. The summed E-state index contributed by atoms with van der Waals surface area (Å²) < 4.78 is 0. The number of fused-ring (bicyclic) bond motifs is 1. The molecule has 0 saturated carbocycles. The van der Waals surface area contributed by atoms with Gasteiger partial charge in [-0.1, -0.05) is 35.3 Å². The Bertz CT molecular complexity index is 949. The van der Waals surface area contributed by atoms with Gasteiger partial charge >= 0.3 is 0 Å². The maximum atomic E-state index is 11.9. The van der Waals surface area contributed by atoms with Crippen LogP contribution in [0.4, 0.5) is 5.69 Å². The summed E-state index contributed by atoms with van der Waals surface area (Å²) in [5.41, 5.74) is 1.23. The van der Waals surface area contributed by atoms with E-state index in [1.54, 1.807) is 18.2 Å². The lowest BCUT2D eigenvalue weighted by atomic mass is 10.1. The number of amides is 1. The number of rotatable bonds is 3. The second kappa shape index (κ2) is 6.51. The van der Waals surface area contributed by atoms with Gasteiger partial charge < -0.3 is 15.2 Å². The molecular weight excluding hydrogens is 353 g/mol. The summed E-state index contributed by atoms with van der Waals surface area (Å²) >= 11 is 12.0. The number of carbonyl (C=O) groups is 1. The SMILES string of the molecule is O=C(Cc1ccc(O)cc1)N=Nc1c(O)[nH]c2c(Cl)cc(Cl)cc12.